The van der Waals surface area contributed by atoms with E-state index in [-0.39, 0.29) is 17.0 Å². The third-order valence-electron chi connectivity index (χ3n) is 4.27. The molecule has 0 saturated heterocycles. The van der Waals surface area contributed by atoms with Gasteiger partial charge in [-0.25, -0.2) is 4.98 Å². The van der Waals surface area contributed by atoms with Crippen LogP contribution in [0.25, 0.3) is 11.0 Å². The third-order valence-corrected chi connectivity index (χ3v) is 4.27. The summed E-state index contributed by atoms with van der Waals surface area (Å²) < 4.78 is 1.74. The average Bonchev–Trinajstić information content (AvgIpc) is 2.62. The first-order valence-electron chi connectivity index (χ1n) is 9.05. The quantitative estimate of drug-likeness (QED) is 0.741. The summed E-state index contributed by atoms with van der Waals surface area (Å²) in [4.78, 5) is 21.5. The van der Waals surface area contributed by atoms with Crippen LogP contribution in [0, 0.1) is 5.41 Å². The van der Waals surface area contributed by atoms with Crippen molar-refractivity contribution in [3.05, 3.63) is 64.6 Å². The number of aromatic nitrogens is 3. The molecule has 1 N–H and O–H groups in total. The van der Waals surface area contributed by atoms with Crippen molar-refractivity contribution in [1.29, 1.82) is 0 Å². The molecule has 26 heavy (non-hydrogen) atoms. The molecule has 3 aromatic rings. The predicted octanol–water partition coefficient (Wildman–Crippen LogP) is 4.40. The smallest absolute Gasteiger partial charge is 0.252 e. The Bertz CT molecular complexity index is 942. The molecule has 0 unspecified atom stereocenters. The molecule has 5 nitrogen and oxygen atoms in total. The van der Waals surface area contributed by atoms with Gasteiger partial charge < -0.3 is 5.32 Å². The molecule has 0 spiro atoms. The molecule has 2 aromatic heterocycles. The van der Waals surface area contributed by atoms with Gasteiger partial charge in [0.15, 0.2) is 0 Å². The monoisotopic (exact) mass is 350 g/mol. The molecule has 0 fully saturated rings. The Balaban J connectivity index is 2.00. The number of rotatable bonds is 5. The minimum absolute atomic E-state index is 0.0212. The van der Waals surface area contributed by atoms with Crippen molar-refractivity contribution in [2.75, 3.05) is 5.32 Å². The van der Waals surface area contributed by atoms with E-state index >= 15 is 0 Å². The molecule has 0 amide bonds. The zero-order valence-electron chi connectivity index (χ0n) is 15.9. The van der Waals surface area contributed by atoms with E-state index < -0.39 is 0 Å². The SMILES string of the molecule is CC[C@H](Nc1ncc2ccc(=O)n(CC(C)(C)C)c2n1)c1ccccc1. The van der Waals surface area contributed by atoms with Crippen LogP contribution in [0.2, 0.25) is 0 Å². The summed E-state index contributed by atoms with van der Waals surface area (Å²) >= 11 is 0. The molecule has 0 aliphatic rings. The number of nitrogens with one attached hydrogen (secondary N) is 1. The standard InChI is InChI=1S/C21H26N4O/c1-5-17(15-9-7-6-8-10-15)23-20-22-13-16-11-12-18(26)25(19(16)24-20)14-21(2,3)4/h6-13,17H,5,14H2,1-4H3,(H,22,23,24)/t17-/m0/s1. The maximum Gasteiger partial charge on any atom is 0.252 e. The molecular weight excluding hydrogens is 324 g/mol. The van der Waals surface area contributed by atoms with E-state index in [0.717, 1.165) is 11.8 Å². The van der Waals surface area contributed by atoms with Gasteiger partial charge in [-0.05, 0) is 23.5 Å². The lowest BCUT2D eigenvalue weighted by molar-refractivity contribution is 0.343. The Labute approximate surface area is 154 Å². The molecule has 0 radical (unpaired) electrons. The predicted molar refractivity (Wildman–Crippen MR) is 106 cm³/mol. The topological polar surface area (TPSA) is 59.8 Å². The highest BCUT2D eigenvalue weighted by molar-refractivity contribution is 5.75. The fraction of sp³-hybridized carbons (Fsp3) is 0.381. The van der Waals surface area contributed by atoms with Gasteiger partial charge >= 0.3 is 0 Å². The number of hydrogen-bond donors (Lipinski definition) is 1. The van der Waals surface area contributed by atoms with Gasteiger partial charge in [0.05, 0.1) is 6.04 Å². The second kappa shape index (κ2) is 7.28. The van der Waals surface area contributed by atoms with Gasteiger partial charge in [-0.1, -0.05) is 58.0 Å². The summed E-state index contributed by atoms with van der Waals surface area (Å²) in [6.07, 6.45) is 2.69. The van der Waals surface area contributed by atoms with E-state index in [4.69, 9.17) is 0 Å². The first-order chi connectivity index (χ1) is 12.4. The third kappa shape index (κ3) is 4.10. The fourth-order valence-electron chi connectivity index (χ4n) is 3.03. The van der Waals surface area contributed by atoms with Crippen LogP contribution in [-0.4, -0.2) is 14.5 Å². The molecule has 0 aliphatic carbocycles. The number of hydrogen-bond acceptors (Lipinski definition) is 4. The van der Waals surface area contributed by atoms with E-state index in [1.165, 1.54) is 5.56 Å². The van der Waals surface area contributed by atoms with Gasteiger partial charge in [-0.3, -0.25) is 9.36 Å². The van der Waals surface area contributed by atoms with Crippen molar-refractivity contribution in [1.82, 2.24) is 14.5 Å². The van der Waals surface area contributed by atoms with Crippen LogP contribution in [0.5, 0.6) is 0 Å². The Kier molecular flexibility index (Phi) is 5.07. The number of benzene rings is 1. The lowest BCUT2D eigenvalue weighted by Crippen LogP contribution is -2.27. The highest BCUT2D eigenvalue weighted by atomic mass is 16.1. The highest BCUT2D eigenvalue weighted by Crippen LogP contribution is 2.22. The minimum atomic E-state index is -0.0350. The van der Waals surface area contributed by atoms with Crippen LogP contribution in [0.15, 0.2) is 53.5 Å². The maximum atomic E-state index is 12.4. The van der Waals surface area contributed by atoms with Crippen molar-refractivity contribution in [3.8, 4) is 0 Å². The van der Waals surface area contributed by atoms with Crippen molar-refractivity contribution >= 4 is 17.0 Å². The number of pyridine rings is 1. The molecule has 136 valence electrons. The lowest BCUT2D eigenvalue weighted by Gasteiger charge is -2.21. The summed E-state index contributed by atoms with van der Waals surface area (Å²) in [7, 11) is 0. The first-order valence-corrected chi connectivity index (χ1v) is 9.05. The molecule has 2 heterocycles. The second-order valence-electron chi connectivity index (χ2n) is 7.81. The van der Waals surface area contributed by atoms with Gasteiger partial charge in [0, 0.05) is 24.2 Å². The highest BCUT2D eigenvalue weighted by Gasteiger charge is 2.16. The number of anilines is 1. The van der Waals surface area contributed by atoms with Crippen molar-refractivity contribution < 1.29 is 0 Å². The van der Waals surface area contributed by atoms with Crippen LogP contribution in [0.3, 0.4) is 0 Å². The minimum Gasteiger partial charge on any atom is -0.347 e. The van der Waals surface area contributed by atoms with Gasteiger partial charge in [0.1, 0.15) is 5.65 Å². The largest absolute Gasteiger partial charge is 0.347 e. The summed E-state index contributed by atoms with van der Waals surface area (Å²) in [6, 6.07) is 13.8. The number of fused-ring (bicyclic) bond motifs is 1. The summed E-state index contributed by atoms with van der Waals surface area (Å²) in [5, 5.41) is 4.28. The van der Waals surface area contributed by atoms with Crippen LogP contribution in [-0.2, 0) is 6.54 Å². The lowest BCUT2D eigenvalue weighted by atomic mass is 9.97. The van der Waals surface area contributed by atoms with Crippen LogP contribution in [0.4, 0.5) is 5.95 Å². The summed E-state index contributed by atoms with van der Waals surface area (Å²) in [5.74, 6) is 0.543. The van der Waals surface area contributed by atoms with Crippen molar-refractivity contribution in [2.45, 2.75) is 46.7 Å². The molecule has 0 aliphatic heterocycles. The van der Waals surface area contributed by atoms with Crippen molar-refractivity contribution in [2.24, 2.45) is 5.41 Å². The van der Waals surface area contributed by atoms with Crippen molar-refractivity contribution in [3.63, 3.8) is 0 Å². The van der Waals surface area contributed by atoms with Crippen LogP contribution >= 0.6 is 0 Å². The molecular formula is C21H26N4O. The van der Waals surface area contributed by atoms with E-state index in [0.29, 0.717) is 18.1 Å². The summed E-state index contributed by atoms with van der Waals surface area (Å²) in [5.41, 5.74) is 1.81. The molecule has 0 bridgehead atoms. The zero-order chi connectivity index (χ0) is 18.7. The van der Waals surface area contributed by atoms with E-state index in [9.17, 15) is 4.79 Å². The average molecular weight is 350 g/mol. The fourth-order valence-corrected chi connectivity index (χ4v) is 3.03. The van der Waals surface area contributed by atoms with Gasteiger partial charge in [-0.2, -0.15) is 4.98 Å². The molecule has 0 saturated carbocycles. The van der Waals surface area contributed by atoms with E-state index in [2.05, 4.69) is 55.1 Å². The van der Waals surface area contributed by atoms with E-state index in [1.54, 1.807) is 22.9 Å². The Morgan fingerprint density at radius 3 is 2.50 bits per heavy atom. The molecule has 3 rings (SSSR count). The molecule has 1 atom stereocenters. The maximum absolute atomic E-state index is 12.4. The van der Waals surface area contributed by atoms with Gasteiger partial charge in [0.25, 0.3) is 5.56 Å². The molecule has 5 heteroatoms. The van der Waals surface area contributed by atoms with Crippen LogP contribution in [0.1, 0.15) is 45.7 Å². The summed E-state index contributed by atoms with van der Waals surface area (Å²) in [6.45, 7) is 9.07. The Morgan fingerprint density at radius 2 is 1.85 bits per heavy atom. The van der Waals surface area contributed by atoms with Gasteiger partial charge in [-0.15, -0.1) is 0 Å². The zero-order valence-corrected chi connectivity index (χ0v) is 15.9. The van der Waals surface area contributed by atoms with E-state index in [1.807, 2.05) is 18.2 Å². The Morgan fingerprint density at radius 1 is 1.12 bits per heavy atom. The first kappa shape index (κ1) is 18.1. The normalized spacial score (nSPS) is 12.9. The van der Waals surface area contributed by atoms with Gasteiger partial charge in [0.2, 0.25) is 5.95 Å². The van der Waals surface area contributed by atoms with Crippen LogP contribution < -0.4 is 10.9 Å². The second-order valence-corrected chi connectivity index (χ2v) is 7.81. The Hall–Kier alpha value is -2.69. The number of nitrogens with zero attached hydrogens (tertiary/aromatic N) is 3. The molecule has 1 aromatic carbocycles.